The van der Waals surface area contributed by atoms with Crippen LogP contribution in [0.4, 0.5) is 0 Å². The Balaban J connectivity index is 2.49. The van der Waals surface area contributed by atoms with E-state index in [4.69, 9.17) is 5.73 Å². The molecule has 0 bridgehead atoms. The summed E-state index contributed by atoms with van der Waals surface area (Å²) in [6.45, 7) is 1.67. The van der Waals surface area contributed by atoms with Crippen LogP contribution in [0.2, 0.25) is 0 Å². The minimum absolute atomic E-state index is 0.114. The van der Waals surface area contributed by atoms with Crippen molar-refractivity contribution in [2.75, 3.05) is 7.11 Å². The summed E-state index contributed by atoms with van der Waals surface area (Å²) in [5.41, 5.74) is 6.86. The lowest BCUT2D eigenvalue weighted by molar-refractivity contribution is -0.146. The molecular formula is C14H19NO3. The molecule has 0 radical (unpaired) electrons. The van der Waals surface area contributed by atoms with Gasteiger partial charge in [-0.1, -0.05) is 37.3 Å². The van der Waals surface area contributed by atoms with Crippen LogP contribution in [0.25, 0.3) is 0 Å². The van der Waals surface area contributed by atoms with E-state index >= 15 is 0 Å². The molecule has 2 unspecified atom stereocenters. The fraction of sp³-hybridized carbons (Fsp3) is 0.429. The number of ketones is 1. The van der Waals surface area contributed by atoms with Gasteiger partial charge in [-0.3, -0.25) is 9.59 Å². The summed E-state index contributed by atoms with van der Waals surface area (Å²) in [6, 6.07) is 9.01. The first-order chi connectivity index (χ1) is 8.54. The van der Waals surface area contributed by atoms with Crippen LogP contribution in [-0.4, -0.2) is 24.9 Å². The topological polar surface area (TPSA) is 69.4 Å². The molecule has 0 aromatic heterocycles. The van der Waals surface area contributed by atoms with E-state index in [0.717, 1.165) is 5.56 Å². The highest BCUT2D eigenvalue weighted by molar-refractivity contribution is 5.88. The Hall–Kier alpha value is -1.68. The monoisotopic (exact) mass is 249 g/mol. The van der Waals surface area contributed by atoms with E-state index in [1.807, 2.05) is 30.3 Å². The first kappa shape index (κ1) is 14.4. The van der Waals surface area contributed by atoms with Crippen molar-refractivity contribution >= 4 is 11.8 Å². The number of hydrogen-bond acceptors (Lipinski definition) is 4. The normalized spacial score (nSPS) is 13.7. The van der Waals surface area contributed by atoms with Crippen molar-refractivity contribution in [1.82, 2.24) is 0 Å². The van der Waals surface area contributed by atoms with Gasteiger partial charge in [0, 0.05) is 6.42 Å². The highest BCUT2D eigenvalue weighted by Gasteiger charge is 2.21. The van der Waals surface area contributed by atoms with Crippen molar-refractivity contribution in [2.45, 2.75) is 25.8 Å². The minimum Gasteiger partial charge on any atom is -0.469 e. The van der Waals surface area contributed by atoms with Crippen molar-refractivity contribution in [3.8, 4) is 0 Å². The molecule has 4 nitrogen and oxygen atoms in total. The van der Waals surface area contributed by atoms with Gasteiger partial charge < -0.3 is 10.5 Å². The quantitative estimate of drug-likeness (QED) is 0.772. The van der Waals surface area contributed by atoms with E-state index in [0.29, 0.717) is 6.42 Å². The van der Waals surface area contributed by atoms with Crippen molar-refractivity contribution in [3.63, 3.8) is 0 Å². The lowest BCUT2D eigenvalue weighted by Gasteiger charge is -2.13. The molecule has 4 heteroatoms. The summed E-state index contributed by atoms with van der Waals surface area (Å²) in [5.74, 6) is -0.934. The van der Waals surface area contributed by atoms with Gasteiger partial charge in [-0.05, 0) is 12.0 Å². The van der Waals surface area contributed by atoms with E-state index in [-0.39, 0.29) is 18.2 Å². The van der Waals surface area contributed by atoms with Crippen LogP contribution >= 0.6 is 0 Å². The Morgan fingerprint density at radius 3 is 2.44 bits per heavy atom. The fourth-order valence-electron chi connectivity index (χ4n) is 1.72. The Bertz CT molecular complexity index is 403. The molecule has 0 aliphatic rings. The summed E-state index contributed by atoms with van der Waals surface area (Å²) in [5, 5.41) is 0. The van der Waals surface area contributed by atoms with E-state index < -0.39 is 12.0 Å². The molecule has 0 saturated carbocycles. The van der Waals surface area contributed by atoms with Crippen LogP contribution in [0.3, 0.4) is 0 Å². The number of benzene rings is 1. The maximum Gasteiger partial charge on any atom is 0.308 e. The Labute approximate surface area is 107 Å². The lowest BCUT2D eigenvalue weighted by atomic mass is 9.96. The SMILES string of the molecule is COC(=O)C(C)CC(=O)C(N)Cc1ccccc1. The van der Waals surface area contributed by atoms with Gasteiger partial charge in [0.1, 0.15) is 0 Å². The maximum absolute atomic E-state index is 11.8. The number of carbonyl (C=O) groups is 2. The second-order valence-electron chi connectivity index (χ2n) is 4.39. The summed E-state index contributed by atoms with van der Waals surface area (Å²) in [7, 11) is 1.31. The van der Waals surface area contributed by atoms with E-state index in [1.165, 1.54) is 7.11 Å². The number of carbonyl (C=O) groups excluding carboxylic acids is 2. The average molecular weight is 249 g/mol. The molecule has 1 aromatic carbocycles. The van der Waals surface area contributed by atoms with Gasteiger partial charge in [0.2, 0.25) is 0 Å². The van der Waals surface area contributed by atoms with Crippen LogP contribution in [0.15, 0.2) is 30.3 Å². The number of Topliss-reactive ketones (excluding diaryl/α,β-unsaturated/α-hetero) is 1. The molecular weight excluding hydrogens is 230 g/mol. The largest absolute Gasteiger partial charge is 0.469 e. The highest BCUT2D eigenvalue weighted by Crippen LogP contribution is 2.09. The first-order valence-corrected chi connectivity index (χ1v) is 5.94. The summed E-state index contributed by atoms with van der Waals surface area (Å²) >= 11 is 0. The van der Waals surface area contributed by atoms with E-state index in [2.05, 4.69) is 4.74 Å². The highest BCUT2D eigenvalue weighted by atomic mass is 16.5. The first-order valence-electron chi connectivity index (χ1n) is 5.94. The zero-order chi connectivity index (χ0) is 13.5. The molecule has 0 aliphatic heterocycles. The molecule has 0 aliphatic carbocycles. The molecule has 2 N–H and O–H groups in total. The minimum atomic E-state index is -0.570. The van der Waals surface area contributed by atoms with Gasteiger partial charge in [-0.15, -0.1) is 0 Å². The van der Waals surface area contributed by atoms with Crippen LogP contribution in [0, 0.1) is 5.92 Å². The predicted octanol–water partition coefficient (Wildman–Crippen LogP) is 1.32. The molecule has 2 atom stereocenters. The number of esters is 1. The number of methoxy groups -OCH3 is 1. The standard InChI is InChI=1S/C14H19NO3/c1-10(14(17)18-2)8-13(16)12(15)9-11-6-4-3-5-7-11/h3-7,10,12H,8-9,15H2,1-2H3. The molecule has 0 fully saturated rings. The number of rotatable bonds is 6. The van der Waals surface area contributed by atoms with Crippen molar-refractivity contribution in [1.29, 1.82) is 0 Å². The van der Waals surface area contributed by atoms with Crippen molar-refractivity contribution in [2.24, 2.45) is 11.7 Å². The predicted molar refractivity (Wildman–Crippen MR) is 68.9 cm³/mol. The van der Waals surface area contributed by atoms with Gasteiger partial charge in [0.05, 0.1) is 19.1 Å². The third-order valence-corrected chi connectivity index (χ3v) is 2.82. The molecule has 1 aromatic rings. The molecule has 1 rings (SSSR count). The van der Waals surface area contributed by atoms with Gasteiger partial charge in [0.25, 0.3) is 0 Å². The fourth-order valence-corrected chi connectivity index (χ4v) is 1.72. The maximum atomic E-state index is 11.8. The lowest BCUT2D eigenvalue weighted by Crippen LogP contribution is -2.34. The Kier molecular flexibility index (Phi) is 5.52. The smallest absolute Gasteiger partial charge is 0.308 e. The van der Waals surface area contributed by atoms with Crippen LogP contribution in [0.1, 0.15) is 18.9 Å². The van der Waals surface area contributed by atoms with Crippen molar-refractivity contribution < 1.29 is 14.3 Å². The second kappa shape index (κ2) is 6.91. The second-order valence-corrected chi connectivity index (χ2v) is 4.39. The zero-order valence-electron chi connectivity index (χ0n) is 10.8. The molecule has 0 heterocycles. The number of hydrogen-bond donors (Lipinski definition) is 1. The number of nitrogens with two attached hydrogens (primary N) is 1. The summed E-state index contributed by atoms with van der Waals surface area (Å²) in [4.78, 5) is 23.1. The van der Waals surface area contributed by atoms with Gasteiger partial charge in [0.15, 0.2) is 5.78 Å². The van der Waals surface area contributed by atoms with Gasteiger partial charge in [-0.25, -0.2) is 0 Å². The van der Waals surface area contributed by atoms with Crippen LogP contribution < -0.4 is 5.73 Å². The van der Waals surface area contributed by atoms with E-state index in [1.54, 1.807) is 6.92 Å². The zero-order valence-corrected chi connectivity index (χ0v) is 10.8. The molecule has 0 spiro atoms. The molecule has 18 heavy (non-hydrogen) atoms. The number of ether oxygens (including phenoxy) is 1. The van der Waals surface area contributed by atoms with Crippen LogP contribution in [-0.2, 0) is 20.7 Å². The van der Waals surface area contributed by atoms with Crippen molar-refractivity contribution in [3.05, 3.63) is 35.9 Å². The van der Waals surface area contributed by atoms with Gasteiger partial charge >= 0.3 is 5.97 Å². The molecule has 0 amide bonds. The van der Waals surface area contributed by atoms with E-state index in [9.17, 15) is 9.59 Å². The Morgan fingerprint density at radius 2 is 1.89 bits per heavy atom. The Morgan fingerprint density at radius 1 is 1.28 bits per heavy atom. The third kappa shape index (κ3) is 4.30. The molecule has 98 valence electrons. The molecule has 0 saturated heterocycles. The summed E-state index contributed by atoms with van der Waals surface area (Å²) in [6.07, 6.45) is 0.619. The van der Waals surface area contributed by atoms with Crippen LogP contribution in [0.5, 0.6) is 0 Å². The third-order valence-electron chi connectivity index (χ3n) is 2.82. The summed E-state index contributed by atoms with van der Waals surface area (Å²) < 4.78 is 4.58. The van der Waals surface area contributed by atoms with Gasteiger partial charge in [-0.2, -0.15) is 0 Å². The average Bonchev–Trinajstić information content (AvgIpc) is 2.38.